The molecule has 1 saturated heterocycles. The molecule has 10 atom stereocenters. The second-order valence-electron chi connectivity index (χ2n) is 10.4. The monoisotopic (exact) mass is 852 g/mol. The maximum Gasteiger partial charge on any atom is 0.118 e. The number of hydrogen-bond donors (Lipinski definition) is 6. The summed E-state index contributed by atoms with van der Waals surface area (Å²) >= 11 is 0. The van der Waals surface area contributed by atoms with Crippen molar-refractivity contribution in [2.24, 2.45) is 22.7 Å². The van der Waals surface area contributed by atoms with Crippen LogP contribution < -0.4 is 0 Å². The molecule has 2 saturated carbocycles. The first-order chi connectivity index (χ1) is 12.7. The smallest absolute Gasteiger partial charge is 0.118 e. The Morgan fingerprint density at radius 3 is 2.07 bits per heavy atom. The minimum atomic E-state index is -1.46. The molecule has 0 amide bonds. The third-order valence-corrected chi connectivity index (χ3v) is 9.11. The fraction of sp³-hybridized carbons (Fsp3) is 0.905. The first kappa shape index (κ1) is 28.6. The van der Waals surface area contributed by atoms with Crippen molar-refractivity contribution in [1.29, 1.82) is 0 Å². The summed E-state index contributed by atoms with van der Waals surface area (Å²) in [5.41, 5.74) is -4.02. The molecule has 3 fully saturated rings. The number of hydrogen-bond acceptors (Lipinski definition) is 7. The summed E-state index contributed by atoms with van der Waals surface area (Å²) in [6, 6.07) is 0. The zero-order valence-corrected chi connectivity index (χ0v) is 27.9. The predicted octanol–water partition coefficient (Wildman–Crippen LogP) is -0.287. The van der Waals surface area contributed by atoms with Crippen LogP contribution >= 0.6 is 0 Å². The van der Waals surface area contributed by atoms with Gasteiger partial charge in [-0.15, -0.1) is 0 Å². The standard InChI is InChI=1S/C21H34O7.2Ac/c1-9-11(22)7-21(27)10(2)16-19(5,12(23)6-13-20(16,26)8-28-13)17(25)15(24)14(9)18(21,3)4;;/h10-13,15-17,22-27H,6-8H2,1-5H3;;/t10-,11?,12?,13?,15?,16?,17?,19+,20?,21?;;/m0../s1. The van der Waals surface area contributed by atoms with Crippen LogP contribution in [0.2, 0.25) is 0 Å². The average Bonchev–Trinajstić information content (AvgIpc) is 2.60. The van der Waals surface area contributed by atoms with Crippen molar-refractivity contribution >= 4 is 0 Å². The fourth-order valence-corrected chi connectivity index (χ4v) is 7.23. The topological polar surface area (TPSA) is 131 Å². The number of fused-ring (bicyclic) bond motifs is 5. The molecular weight excluding hydrogens is 818 g/mol. The summed E-state index contributed by atoms with van der Waals surface area (Å²) < 4.78 is 5.52. The van der Waals surface area contributed by atoms with Crippen LogP contribution in [0.4, 0.5) is 0 Å². The average molecular weight is 852 g/mol. The van der Waals surface area contributed by atoms with Crippen LogP contribution in [0.25, 0.3) is 0 Å². The SMILES string of the molecule is CC1=C2C(O)C(O)[C@]3(C)C(O)CC4OCC4(O)C3[C@H](C)C(O)(CC1O)C2(C)C.[Ac].[Ac]. The van der Waals surface area contributed by atoms with Crippen molar-refractivity contribution in [2.45, 2.75) is 89.2 Å². The quantitative estimate of drug-likeness (QED) is 0.185. The molecule has 6 N–H and O–H groups in total. The maximum absolute atomic E-state index is 12.0. The van der Waals surface area contributed by atoms with E-state index in [1.807, 2.05) is 20.8 Å². The van der Waals surface area contributed by atoms with Crippen LogP contribution in [0, 0.1) is 111 Å². The van der Waals surface area contributed by atoms with Gasteiger partial charge in [0.1, 0.15) is 11.7 Å². The van der Waals surface area contributed by atoms with Crippen molar-refractivity contribution in [3.05, 3.63) is 11.1 Å². The maximum atomic E-state index is 12.0. The van der Waals surface area contributed by atoms with Crippen LogP contribution in [0.5, 0.6) is 0 Å². The minimum Gasteiger partial charge on any atom is -0.392 e. The molecule has 4 aliphatic rings. The predicted molar refractivity (Wildman–Crippen MR) is 100 cm³/mol. The molecule has 3 aliphatic carbocycles. The second kappa shape index (κ2) is 8.78. The van der Waals surface area contributed by atoms with E-state index in [1.54, 1.807) is 13.8 Å². The molecule has 7 nitrogen and oxygen atoms in total. The molecule has 166 valence electrons. The van der Waals surface area contributed by atoms with Crippen LogP contribution in [0.1, 0.15) is 47.5 Å². The molecule has 1 heterocycles. The number of rotatable bonds is 0. The van der Waals surface area contributed by atoms with E-state index in [-0.39, 0.29) is 108 Å². The largest absolute Gasteiger partial charge is 0.392 e. The third kappa shape index (κ3) is 3.35. The Kier molecular flexibility index (Phi) is 8.36. The van der Waals surface area contributed by atoms with Crippen molar-refractivity contribution in [3.63, 3.8) is 0 Å². The van der Waals surface area contributed by atoms with Crippen molar-refractivity contribution < 1.29 is 124 Å². The number of aliphatic hydroxyl groups excluding tert-OH is 4. The Morgan fingerprint density at radius 1 is 1.00 bits per heavy atom. The van der Waals surface area contributed by atoms with Gasteiger partial charge < -0.3 is 35.4 Å². The van der Waals surface area contributed by atoms with Gasteiger partial charge in [-0.2, -0.15) is 0 Å². The van der Waals surface area contributed by atoms with Crippen LogP contribution in [0.3, 0.4) is 0 Å². The van der Waals surface area contributed by atoms with Gasteiger partial charge in [0.2, 0.25) is 0 Å². The molecule has 0 spiro atoms. The minimum absolute atomic E-state index is 0. The van der Waals surface area contributed by atoms with Gasteiger partial charge in [-0.25, -0.2) is 0 Å². The van der Waals surface area contributed by atoms with E-state index in [4.69, 9.17) is 4.74 Å². The van der Waals surface area contributed by atoms with Gasteiger partial charge in [0.15, 0.2) is 0 Å². The Hall–Kier alpha value is 2.34. The molecule has 2 radical (unpaired) electrons. The van der Waals surface area contributed by atoms with Gasteiger partial charge in [-0.05, 0) is 24.0 Å². The normalized spacial score (nSPS) is 54.3. The van der Waals surface area contributed by atoms with Crippen LogP contribution in [-0.4, -0.2) is 79.0 Å². The zero-order valence-electron chi connectivity index (χ0n) is 18.4. The van der Waals surface area contributed by atoms with E-state index >= 15 is 0 Å². The molecule has 0 aromatic carbocycles. The van der Waals surface area contributed by atoms with Gasteiger partial charge >= 0.3 is 0 Å². The van der Waals surface area contributed by atoms with E-state index in [2.05, 4.69) is 0 Å². The summed E-state index contributed by atoms with van der Waals surface area (Å²) in [5, 5.41) is 67.7. The van der Waals surface area contributed by atoms with Gasteiger partial charge in [0.25, 0.3) is 0 Å². The molecule has 9 heteroatoms. The van der Waals surface area contributed by atoms with Crippen molar-refractivity contribution in [1.82, 2.24) is 0 Å². The fourth-order valence-electron chi connectivity index (χ4n) is 7.23. The third-order valence-electron chi connectivity index (χ3n) is 9.11. The molecular formula is C21H34Ac2O7. The molecule has 1 aliphatic heterocycles. The van der Waals surface area contributed by atoms with Gasteiger partial charge in [-0.1, -0.05) is 27.7 Å². The van der Waals surface area contributed by atoms with E-state index in [0.717, 1.165) is 0 Å². The Balaban J connectivity index is 0.00000160. The summed E-state index contributed by atoms with van der Waals surface area (Å²) in [5.74, 6) is -1.32. The molecule has 30 heavy (non-hydrogen) atoms. The van der Waals surface area contributed by atoms with E-state index in [9.17, 15) is 30.6 Å². The summed E-state index contributed by atoms with van der Waals surface area (Å²) in [4.78, 5) is 0. The van der Waals surface area contributed by atoms with E-state index in [0.29, 0.717) is 11.1 Å². The Bertz CT molecular complexity index is 730. The Labute approximate surface area is 249 Å². The van der Waals surface area contributed by atoms with E-state index < -0.39 is 64.4 Å². The van der Waals surface area contributed by atoms with Gasteiger partial charge in [0, 0.05) is 118 Å². The van der Waals surface area contributed by atoms with Crippen LogP contribution in [0.15, 0.2) is 11.1 Å². The second-order valence-corrected chi connectivity index (χ2v) is 10.4. The number of ether oxygens (including phenoxy) is 1. The molecule has 0 aromatic heterocycles. The number of aliphatic hydroxyl groups is 6. The van der Waals surface area contributed by atoms with Crippen molar-refractivity contribution in [2.75, 3.05) is 6.61 Å². The van der Waals surface area contributed by atoms with E-state index in [1.165, 1.54) is 0 Å². The molecule has 2 bridgehead atoms. The summed E-state index contributed by atoms with van der Waals surface area (Å²) in [7, 11) is 0. The van der Waals surface area contributed by atoms with Crippen molar-refractivity contribution in [3.8, 4) is 0 Å². The summed E-state index contributed by atoms with van der Waals surface area (Å²) in [6.45, 7) is 8.88. The molecule has 8 unspecified atom stereocenters. The molecule has 0 aromatic rings. The first-order valence-corrected chi connectivity index (χ1v) is 10.2. The molecule has 4 rings (SSSR count). The van der Waals surface area contributed by atoms with Gasteiger partial charge in [0.05, 0.1) is 36.6 Å². The van der Waals surface area contributed by atoms with Crippen LogP contribution in [-0.2, 0) is 4.74 Å². The summed E-state index contributed by atoms with van der Waals surface area (Å²) in [6.07, 6.45) is -5.10. The zero-order chi connectivity index (χ0) is 21.0. The van der Waals surface area contributed by atoms with Gasteiger partial charge in [-0.3, -0.25) is 0 Å². The Morgan fingerprint density at radius 2 is 1.57 bits per heavy atom. The first-order valence-electron chi connectivity index (χ1n) is 10.2.